The van der Waals surface area contributed by atoms with Crippen molar-refractivity contribution in [1.82, 2.24) is 9.78 Å². The van der Waals surface area contributed by atoms with Gasteiger partial charge in [0, 0.05) is 11.1 Å². The number of nitrogens with zero attached hydrogens (tertiary/aromatic N) is 2. The molecule has 1 aliphatic rings. The van der Waals surface area contributed by atoms with E-state index in [9.17, 15) is 0 Å². The summed E-state index contributed by atoms with van der Waals surface area (Å²) in [4.78, 5) is 1.57. The van der Waals surface area contributed by atoms with Gasteiger partial charge in [0.15, 0.2) is 18.2 Å². The Hall–Kier alpha value is -2.84. The van der Waals surface area contributed by atoms with Crippen LogP contribution in [0.4, 0.5) is 0 Å². The summed E-state index contributed by atoms with van der Waals surface area (Å²) in [6.45, 7) is 1.66. The van der Waals surface area contributed by atoms with Gasteiger partial charge in [-0.15, -0.1) is 5.10 Å². The summed E-state index contributed by atoms with van der Waals surface area (Å²) in [5.41, 5.74) is 2.01. The molecule has 2 aromatic carbocycles. The third-order valence-electron chi connectivity index (χ3n) is 4.31. The summed E-state index contributed by atoms with van der Waals surface area (Å²) >= 11 is 5.34. The summed E-state index contributed by atoms with van der Waals surface area (Å²) in [6, 6.07) is 13.6. The molecule has 0 spiro atoms. The fourth-order valence-corrected chi connectivity index (χ4v) is 3.14. The number of quaternary nitrogens is 1. The molecule has 1 N–H and O–H groups in total. The summed E-state index contributed by atoms with van der Waals surface area (Å²) < 4.78 is 23.3. The van der Waals surface area contributed by atoms with Crippen molar-refractivity contribution in [2.75, 3.05) is 21.0 Å². The summed E-state index contributed by atoms with van der Waals surface area (Å²) in [5.74, 6) is 2.73. The molecule has 0 aliphatic carbocycles. The number of ether oxygens (including phenoxy) is 3. The molecule has 0 radical (unpaired) electrons. The monoisotopic (exact) mass is 386 g/mol. The number of hydrogen-bond acceptors (Lipinski definition) is 6. The number of fused-ring (bicyclic) bond motifs is 1. The van der Waals surface area contributed by atoms with Gasteiger partial charge >= 0.3 is 0 Å². The van der Waals surface area contributed by atoms with Gasteiger partial charge in [-0.2, -0.15) is 4.68 Å². The largest absolute Gasteiger partial charge is 0.497 e. The first-order valence-electron chi connectivity index (χ1n) is 8.54. The minimum atomic E-state index is 0.232. The van der Waals surface area contributed by atoms with E-state index in [0.717, 1.165) is 23.6 Å². The zero-order valence-corrected chi connectivity index (χ0v) is 15.9. The molecule has 0 bridgehead atoms. The Morgan fingerprint density at radius 3 is 2.70 bits per heavy atom. The molecular formula is C19H20N3O4S+. The van der Waals surface area contributed by atoms with Crippen molar-refractivity contribution in [3.8, 4) is 28.7 Å². The lowest BCUT2D eigenvalue weighted by Crippen LogP contribution is -3.07. The number of benzene rings is 2. The Morgan fingerprint density at radius 1 is 1.15 bits per heavy atom. The zero-order valence-electron chi connectivity index (χ0n) is 15.1. The van der Waals surface area contributed by atoms with Crippen LogP contribution in [-0.2, 0) is 13.2 Å². The second kappa shape index (κ2) is 7.42. The van der Waals surface area contributed by atoms with Crippen molar-refractivity contribution < 1.29 is 23.5 Å². The first-order valence-corrected chi connectivity index (χ1v) is 8.95. The Balaban J connectivity index is 1.47. The maximum absolute atomic E-state index is 5.68. The van der Waals surface area contributed by atoms with Crippen molar-refractivity contribution in [3.05, 3.63) is 52.9 Å². The number of hydrogen-bond donors (Lipinski definition) is 1. The van der Waals surface area contributed by atoms with E-state index >= 15 is 0 Å². The molecule has 2 heterocycles. The van der Waals surface area contributed by atoms with E-state index in [0.29, 0.717) is 23.1 Å². The summed E-state index contributed by atoms with van der Waals surface area (Å²) in [7, 11) is 3.75. The van der Waals surface area contributed by atoms with E-state index in [1.807, 2.05) is 30.3 Å². The van der Waals surface area contributed by atoms with Gasteiger partial charge in [-0.3, -0.25) is 0 Å². The van der Waals surface area contributed by atoms with E-state index < -0.39 is 0 Å². The maximum Gasteiger partial charge on any atom is 0.292 e. The van der Waals surface area contributed by atoms with Crippen LogP contribution >= 0.6 is 12.2 Å². The molecule has 0 saturated carbocycles. The van der Waals surface area contributed by atoms with E-state index in [4.69, 9.17) is 30.8 Å². The van der Waals surface area contributed by atoms with Crippen LogP contribution in [0.5, 0.6) is 17.2 Å². The highest BCUT2D eigenvalue weighted by atomic mass is 32.1. The van der Waals surface area contributed by atoms with E-state index in [-0.39, 0.29) is 6.79 Å². The van der Waals surface area contributed by atoms with Gasteiger partial charge in [0.05, 0.1) is 14.2 Å². The predicted molar refractivity (Wildman–Crippen MR) is 100 cm³/mol. The van der Waals surface area contributed by atoms with Crippen LogP contribution in [0.1, 0.15) is 5.56 Å². The quantitative estimate of drug-likeness (QED) is 0.656. The van der Waals surface area contributed by atoms with Crippen LogP contribution in [0, 0.1) is 4.84 Å². The van der Waals surface area contributed by atoms with Crippen LogP contribution in [-0.4, -0.2) is 30.7 Å². The van der Waals surface area contributed by atoms with E-state index in [1.54, 1.807) is 11.8 Å². The average molecular weight is 386 g/mol. The highest BCUT2D eigenvalue weighted by Crippen LogP contribution is 2.35. The number of aromatic nitrogens is 2. The molecule has 0 amide bonds. The lowest BCUT2D eigenvalue weighted by molar-refractivity contribution is -0.917. The van der Waals surface area contributed by atoms with Gasteiger partial charge in [-0.05, 0) is 54.7 Å². The van der Waals surface area contributed by atoms with Crippen LogP contribution in [0.3, 0.4) is 0 Å². The van der Waals surface area contributed by atoms with Crippen LogP contribution in [0.15, 0.2) is 46.9 Å². The standard InChI is InChI=1S/C19H19N3O4S/c1-21(10-13-3-6-15(23-2)7-4-13)11-22-19(27)26-18(20-22)14-5-8-16-17(9-14)25-12-24-16/h3-9H,10-12H2,1-2H3/p+1. The van der Waals surface area contributed by atoms with Crippen molar-refractivity contribution in [3.63, 3.8) is 0 Å². The topological polar surface area (TPSA) is 63.1 Å². The molecule has 1 aliphatic heterocycles. The summed E-state index contributed by atoms with van der Waals surface area (Å²) in [5, 5.41) is 4.52. The first-order chi connectivity index (χ1) is 13.1. The highest BCUT2D eigenvalue weighted by molar-refractivity contribution is 7.71. The average Bonchev–Trinajstić information content (AvgIpc) is 3.28. The molecule has 8 heteroatoms. The van der Waals surface area contributed by atoms with E-state index in [2.05, 4.69) is 24.3 Å². The fraction of sp³-hybridized carbons (Fsp3) is 0.263. The smallest absolute Gasteiger partial charge is 0.292 e. The van der Waals surface area contributed by atoms with Gasteiger partial charge in [-0.25, -0.2) is 0 Å². The minimum Gasteiger partial charge on any atom is -0.497 e. The third kappa shape index (κ3) is 3.81. The SMILES string of the molecule is COc1ccc(C[NH+](C)Cn2nc(-c3ccc4c(c3)OCO4)oc2=S)cc1. The van der Waals surface area contributed by atoms with Gasteiger partial charge in [0.1, 0.15) is 12.3 Å². The van der Waals surface area contributed by atoms with Gasteiger partial charge in [-0.1, -0.05) is 0 Å². The van der Waals surface area contributed by atoms with Crippen LogP contribution in [0.2, 0.25) is 0 Å². The number of rotatable bonds is 6. The van der Waals surface area contributed by atoms with Gasteiger partial charge in [0.25, 0.3) is 4.84 Å². The second-order valence-electron chi connectivity index (χ2n) is 6.38. The highest BCUT2D eigenvalue weighted by Gasteiger charge is 2.17. The molecule has 4 rings (SSSR count). The molecule has 7 nitrogen and oxygen atoms in total. The Bertz CT molecular complexity index is 997. The fourth-order valence-electron chi connectivity index (χ4n) is 2.96. The van der Waals surface area contributed by atoms with Crippen molar-refractivity contribution in [2.45, 2.75) is 13.2 Å². The third-order valence-corrected chi connectivity index (χ3v) is 4.60. The normalized spacial score (nSPS) is 13.6. The van der Waals surface area contributed by atoms with Crippen molar-refractivity contribution >= 4 is 12.2 Å². The molecule has 140 valence electrons. The number of nitrogens with one attached hydrogen (secondary N) is 1. The number of methoxy groups -OCH3 is 1. The van der Waals surface area contributed by atoms with Crippen molar-refractivity contribution in [1.29, 1.82) is 0 Å². The minimum absolute atomic E-state index is 0.232. The predicted octanol–water partition coefficient (Wildman–Crippen LogP) is 2.28. The molecular weight excluding hydrogens is 366 g/mol. The lowest BCUT2D eigenvalue weighted by atomic mass is 10.2. The molecule has 1 aromatic heterocycles. The summed E-state index contributed by atoms with van der Waals surface area (Å²) in [6.07, 6.45) is 0. The molecule has 0 saturated heterocycles. The van der Waals surface area contributed by atoms with E-state index in [1.165, 1.54) is 10.5 Å². The van der Waals surface area contributed by atoms with Gasteiger partial charge in [0.2, 0.25) is 12.7 Å². The van der Waals surface area contributed by atoms with Crippen LogP contribution in [0.25, 0.3) is 11.5 Å². The van der Waals surface area contributed by atoms with Gasteiger partial charge < -0.3 is 23.5 Å². The Kier molecular flexibility index (Phi) is 4.83. The first kappa shape index (κ1) is 17.6. The lowest BCUT2D eigenvalue weighted by Gasteiger charge is -2.13. The van der Waals surface area contributed by atoms with Crippen LogP contribution < -0.4 is 19.1 Å². The molecule has 3 aromatic rings. The molecule has 27 heavy (non-hydrogen) atoms. The Morgan fingerprint density at radius 2 is 1.93 bits per heavy atom. The second-order valence-corrected chi connectivity index (χ2v) is 6.73. The molecule has 1 atom stereocenters. The zero-order chi connectivity index (χ0) is 18.8. The van der Waals surface area contributed by atoms with Crippen molar-refractivity contribution in [2.24, 2.45) is 0 Å². The maximum atomic E-state index is 5.68. The molecule has 0 fully saturated rings. The Labute approximate surface area is 161 Å². The molecule has 1 unspecified atom stereocenters.